The monoisotopic (exact) mass is 938 g/mol. The van der Waals surface area contributed by atoms with Gasteiger partial charge in [0.05, 0.1) is 13.1 Å². The second-order valence-electron chi connectivity index (χ2n) is 16.1. The highest BCUT2D eigenvalue weighted by Crippen LogP contribution is 2.19. The second kappa shape index (κ2) is 24.9. The Morgan fingerprint density at radius 1 is 0.529 bits per heavy atom. The third kappa shape index (κ3) is 16.6. The summed E-state index contributed by atoms with van der Waals surface area (Å²) in [6.07, 6.45) is 1.80. The van der Waals surface area contributed by atoms with Crippen LogP contribution in [-0.4, -0.2) is 102 Å². The standard InChI is InChI=1S/C47H54N8O13/c1-26(2)42(46(65)48-22-38(59)50-34-11-7-30(8-12-34)24-67-28(5)56)53-44(63)32-19-33(21-36(20-32)52-37(58)17-18-55-40(61)15-16-41(55)62)45(64)54-43(27(3)4)47(66)49-23-39(60)51-35-13-9-31(10-14-35)25-68-29(6)57/h7-16,19-21,26-27,42-43H,17-18,22-25H2,1-6H3,(H,48,65)(H,49,66)(H,50,59)(H,51,60)(H,52,58)(H,53,63)(H,54,64). The molecule has 1 aliphatic rings. The minimum atomic E-state index is -1.20. The van der Waals surface area contributed by atoms with Crippen molar-refractivity contribution in [2.45, 2.75) is 73.3 Å². The first-order valence-electron chi connectivity index (χ1n) is 21.4. The highest BCUT2D eigenvalue weighted by atomic mass is 16.5. The van der Waals surface area contributed by atoms with Crippen LogP contribution in [0.1, 0.15) is 79.8 Å². The van der Waals surface area contributed by atoms with Crippen molar-refractivity contribution in [3.05, 3.63) is 101 Å². The zero-order valence-corrected chi connectivity index (χ0v) is 38.3. The van der Waals surface area contributed by atoms with E-state index in [1.165, 1.54) is 32.0 Å². The maximum absolute atomic E-state index is 13.9. The Balaban J connectivity index is 1.46. The Bertz CT molecular complexity index is 2300. The smallest absolute Gasteiger partial charge is 0.302 e. The van der Waals surface area contributed by atoms with Gasteiger partial charge in [-0.1, -0.05) is 52.0 Å². The van der Waals surface area contributed by atoms with Crippen molar-refractivity contribution >= 4 is 82.2 Å². The fourth-order valence-electron chi connectivity index (χ4n) is 6.27. The van der Waals surface area contributed by atoms with Gasteiger partial charge in [-0.3, -0.25) is 57.6 Å². The average molecular weight is 939 g/mol. The van der Waals surface area contributed by atoms with Crippen LogP contribution in [0.3, 0.4) is 0 Å². The van der Waals surface area contributed by atoms with Crippen LogP contribution in [0.25, 0.3) is 0 Å². The molecule has 3 aromatic carbocycles. The lowest BCUT2D eigenvalue weighted by molar-refractivity contribution is -0.143. The van der Waals surface area contributed by atoms with Gasteiger partial charge in [0.2, 0.25) is 29.5 Å². The van der Waals surface area contributed by atoms with Crippen LogP contribution in [0.5, 0.6) is 0 Å². The van der Waals surface area contributed by atoms with Gasteiger partial charge in [-0.15, -0.1) is 0 Å². The van der Waals surface area contributed by atoms with E-state index in [1.54, 1.807) is 76.2 Å². The quantitative estimate of drug-likeness (QED) is 0.0562. The fourth-order valence-corrected chi connectivity index (χ4v) is 6.27. The Hall–Kier alpha value is -8.23. The number of nitrogens with zero attached hydrogens (tertiary/aromatic N) is 1. The zero-order chi connectivity index (χ0) is 50.1. The SMILES string of the molecule is CC(=O)OCc1ccc(NC(=O)CNC(=O)C(NC(=O)c2cc(NC(=O)CCN3C(=O)C=CC3=O)cc(C(=O)NC(C(=O)NCC(=O)Nc3ccc(COC(C)=O)cc3)C(C)C)c2)C(C)C)cc1. The maximum atomic E-state index is 13.9. The van der Waals surface area contributed by atoms with Gasteiger partial charge in [0.15, 0.2) is 0 Å². The van der Waals surface area contributed by atoms with Gasteiger partial charge in [0, 0.05) is 67.2 Å². The second-order valence-corrected chi connectivity index (χ2v) is 16.1. The molecule has 0 radical (unpaired) electrons. The van der Waals surface area contributed by atoms with Crippen LogP contribution in [0, 0.1) is 11.8 Å². The maximum Gasteiger partial charge on any atom is 0.302 e. The lowest BCUT2D eigenvalue weighted by atomic mass is 10.0. The van der Waals surface area contributed by atoms with Crippen molar-refractivity contribution in [2.24, 2.45) is 11.8 Å². The van der Waals surface area contributed by atoms with Gasteiger partial charge in [-0.05, 0) is 65.4 Å². The number of ether oxygens (including phenoxy) is 2. The Morgan fingerprint density at radius 3 is 1.28 bits per heavy atom. The molecule has 0 saturated carbocycles. The third-order valence-corrected chi connectivity index (χ3v) is 9.88. The van der Waals surface area contributed by atoms with E-state index < -0.39 is 102 Å². The Morgan fingerprint density at radius 2 is 0.912 bits per heavy atom. The molecule has 0 spiro atoms. The molecule has 0 aromatic heterocycles. The largest absolute Gasteiger partial charge is 0.461 e. The molecule has 21 heteroatoms. The molecule has 9 amide bonds. The number of benzene rings is 3. The van der Waals surface area contributed by atoms with Crippen LogP contribution >= 0.6 is 0 Å². The molecule has 0 saturated heterocycles. The zero-order valence-electron chi connectivity index (χ0n) is 38.3. The van der Waals surface area contributed by atoms with E-state index in [9.17, 15) is 52.7 Å². The molecule has 68 heavy (non-hydrogen) atoms. The van der Waals surface area contributed by atoms with Crippen LogP contribution in [0.15, 0.2) is 78.9 Å². The third-order valence-electron chi connectivity index (χ3n) is 9.88. The molecule has 360 valence electrons. The van der Waals surface area contributed by atoms with Gasteiger partial charge >= 0.3 is 11.9 Å². The van der Waals surface area contributed by atoms with E-state index in [0.717, 1.165) is 17.1 Å². The Labute approximate surface area is 391 Å². The molecule has 0 fully saturated rings. The van der Waals surface area contributed by atoms with Crippen molar-refractivity contribution in [1.29, 1.82) is 0 Å². The molecule has 7 N–H and O–H groups in total. The van der Waals surface area contributed by atoms with Gasteiger partial charge in [0.25, 0.3) is 23.6 Å². The summed E-state index contributed by atoms with van der Waals surface area (Å²) < 4.78 is 9.91. The molecular formula is C47H54N8O13. The molecule has 2 atom stereocenters. The molecule has 3 aromatic rings. The van der Waals surface area contributed by atoms with E-state index >= 15 is 0 Å². The van der Waals surface area contributed by atoms with Crippen molar-refractivity contribution in [3.8, 4) is 0 Å². The van der Waals surface area contributed by atoms with Gasteiger partial charge in [0.1, 0.15) is 25.3 Å². The molecule has 4 rings (SSSR count). The number of hydrogen-bond acceptors (Lipinski definition) is 13. The van der Waals surface area contributed by atoms with E-state index in [0.29, 0.717) is 22.5 Å². The van der Waals surface area contributed by atoms with Crippen LogP contribution in [0.4, 0.5) is 17.1 Å². The fraction of sp³-hybridized carbons (Fsp3) is 0.340. The predicted octanol–water partition coefficient (Wildman–Crippen LogP) is 2.09. The first-order valence-corrected chi connectivity index (χ1v) is 21.4. The van der Waals surface area contributed by atoms with Gasteiger partial charge in [-0.25, -0.2) is 0 Å². The topological polar surface area (TPSA) is 294 Å². The van der Waals surface area contributed by atoms with Crippen molar-refractivity contribution < 1.29 is 62.2 Å². The molecule has 1 aliphatic heterocycles. The highest BCUT2D eigenvalue weighted by molar-refractivity contribution is 6.13. The van der Waals surface area contributed by atoms with Crippen LogP contribution in [0.2, 0.25) is 0 Å². The minimum absolute atomic E-state index is 0.0562. The first kappa shape index (κ1) is 52.4. The number of amides is 9. The van der Waals surface area contributed by atoms with Crippen molar-refractivity contribution in [3.63, 3.8) is 0 Å². The number of hydrogen-bond donors (Lipinski definition) is 7. The summed E-state index contributed by atoms with van der Waals surface area (Å²) in [5, 5.41) is 18.1. The summed E-state index contributed by atoms with van der Waals surface area (Å²) in [7, 11) is 0. The lowest BCUT2D eigenvalue weighted by Crippen LogP contribution is -2.51. The molecule has 0 bridgehead atoms. The van der Waals surface area contributed by atoms with Gasteiger partial charge in [-0.2, -0.15) is 0 Å². The lowest BCUT2D eigenvalue weighted by Gasteiger charge is -2.23. The number of imide groups is 1. The molecule has 21 nitrogen and oxygen atoms in total. The van der Waals surface area contributed by atoms with Crippen LogP contribution < -0.4 is 37.2 Å². The van der Waals surface area contributed by atoms with E-state index in [-0.39, 0.29) is 43.0 Å². The number of anilines is 3. The summed E-state index contributed by atoms with van der Waals surface area (Å²) in [4.78, 5) is 140. The van der Waals surface area contributed by atoms with Gasteiger partial charge < -0.3 is 46.7 Å². The summed E-state index contributed by atoms with van der Waals surface area (Å²) in [6, 6.07) is 14.2. The number of esters is 2. The summed E-state index contributed by atoms with van der Waals surface area (Å²) in [5.41, 5.74) is 1.74. The van der Waals surface area contributed by atoms with Crippen molar-refractivity contribution in [1.82, 2.24) is 26.2 Å². The summed E-state index contributed by atoms with van der Waals surface area (Å²) >= 11 is 0. The predicted molar refractivity (Wildman–Crippen MR) is 245 cm³/mol. The number of carbonyl (C=O) groups is 11. The minimum Gasteiger partial charge on any atom is -0.461 e. The average Bonchev–Trinajstić information content (AvgIpc) is 3.61. The van der Waals surface area contributed by atoms with E-state index in [2.05, 4.69) is 37.2 Å². The first-order chi connectivity index (χ1) is 32.2. The summed E-state index contributed by atoms with van der Waals surface area (Å²) in [5.74, 6) is -8.09. The van der Waals surface area contributed by atoms with E-state index in [4.69, 9.17) is 9.47 Å². The Kier molecular flexibility index (Phi) is 19.2. The molecular weight excluding hydrogens is 885 g/mol. The normalized spacial score (nSPS) is 12.7. The molecule has 2 unspecified atom stereocenters. The highest BCUT2D eigenvalue weighted by Gasteiger charge is 2.29. The number of nitrogens with one attached hydrogen (secondary N) is 7. The molecule has 0 aliphatic carbocycles. The van der Waals surface area contributed by atoms with E-state index in [1.807, 2.05) is 0 Å². The van der Waals surface area contributed by atoms with Crippen LogP contribution in [-0.2, 0) is 65.8 Å². The van der Waals surface area contributed by atoms with Crippen molar-refractivity contribution in [2.75, 3.05) is 35.6 Å². The summed E-state index contributed by atoms with van der Waals surface area (Å²) in [6.45, 7) is 8.09. The number of rotatable bonds is 22. The molecule has 1 heterocycles. The number of carbonyl (C=O) groups excluding carboxylic acids is 11.